The third-order valence-corrected chi connectivity index (χ3v) is 4.59. The summed E-state index contributed by atoms with van der Waals surface area (Å²) in [6.45, 7) is 0. The van der Waals surface area contributed by atoms with Crippen LogP contribution in [0.1, 0.15) is 0 Å². The second kappa shape index (κ2) is 6.91. The van der Waals surface area contributed by atoms with Gasteiger partial charge in [-0.2, -0.15) is 30.3 Å². The normalized spacial score (nSPS) is 10.8. The van der Waals surface area contributed by atoms with Crippen molar-refractivity contribution in [3.8, 4) is 16.9 Å². The van der Waals surface area contributed by atoms with Gasteiger partial charge in [0, 0.05) is 31.2 Å². The van der Waals surface area contributed by atoms with E-state index in [9.17, 15) is 0 Å². The Kier molecular flexibility index (Phi) is 4.46. The number of rotatable bonds is 2. The molecule has 5 rings (SSSR count). The zero-order valence-electron chi connectivity index (χ0n) is 13.9. The second-order valence-corrected chi connectivity index (χ2v) is 6.10. The van der Waals surface area contributed by atoms with Gasteiger partial charge in [-0.05, 0) is 17.0 Å². The first-order valence-electron chi connectivity index (χ1n) is 8.40. The van der Waals surface area contributed by atoms with Crippen LogP contribution in [-0.4, -0.2) is 4.57 Å². The minimum absolute atomic E-state index is 0. The van der Waals surface area contributed by atoms with E-state index in [1.807, 2.05) is 18.2 Å². The van der Waals surface area contributed by atoms with Crippen LogP contribution in [0.2, 0.25) is 0 Å². The third kappa shape index (κ3) is 2.68. The van der Waals surface area contributed by atoms with Crippen LogP contribution in [0.25, 0.3) is 38.6 Å². The minimum Gasteiger partial charge on any atom is -0.408 e. The van der Waals surface area contributed by atoms with E-state index in [2.05, 4.69) is 89.5 Å². The SMILES string of the molecule is [Ir].[c-]1ccccc1-c1[c-]c2ccccc2n1-c1cccc2ccccc12. The summed E-state index contributed by atoms with van der Waals surface area (Å²) in [5.41, 5.74) is 4.42. The Hall–Kier alpha value is -2.67. The van der Waals surface area contributed by atoms with Gasteiger partial charge in [-0.3, -0.25) is 0 Å². The molecule has 0 aliphatic rings. The van der Waals surface area contributed by atoms with Crippen molar-refractivity contribution < 1.29 is 20.1 Å². The first kappa shape index (κ1) is 16.8. The van der Waals surface area contributed by atoms with Gasteiger partial charge < -0.3 is 4.57 Å². The molecule has 0 bridgehead atoms. The molecule has 1 nitrogen and oxygen atoms in total. The van der Waals surface area contributed by atoms with Crippen molar-refractivity contribution >= 4 is 21.7 Å². The van der Waals surface area contributed by atoms with E-state index in [4.69, 9.17) is 0 Å². The molecule has 0 aliphatic carbocycles. The first-order valence-corrected chi connectivity index (χ1v) is 8.40. The summed E-state index contributed by atoms with van der Waals surface area (Å²) in [5.74, 6) is 0. The summed E-state index contributed by atoms with van der Waals surface area (Å²) in [7, 11) is 0. The van der Waals surface area contributed by atoms with Crippen molar-refractivity contribution in [2.45, 2.75) is 0 Å². The molecule has 0 saturated heterocycles. The number of aromatic nitrogens is 1. The molecule has 0 spiro atoms. The molecule has 127 valence electrons. The van der Waals surface area contributed by atoms with Gasteiger partial charge in [-0.15, -0.1) is 29.3 Å². The monoisotopic (exact) mass is 510 g/mol. The fraction of sp³-hybridized carbons (Fsp3) is 0. The third-order valence-electron chi connectivity index (χ3n) is 4.59. The van der Waals surface area contributed by atoms with Crippen molar-refractivity contribution in [1.82, 2.24) is 4.57 Å². The molecular formula is C24H15IrN-2. The van der Waals surface area contributed by atoms with Gasteiger partial charge >= 0.3 is 0 Å². The zero-order valence-corrected chi connectivity index (χ0v) is 16.3. The van der Waals surface area contributed by atoms with E-state index in [0.717, 1.165) is 22.2 Å². The number of para-hydroxylation sites is 1. The van der Waals surface area contributed by atoms with Gasteiger partial charge in [0.1, 0.15) is 0 Å². The Labute approximate surface area is 166 Å². The van der Waals surface area contributed by atoms with Crippen LogP contribution in [-0.2, 0) is 20.1 Å². The summed E-state index contributed by atoms with van der Waals surface area (Å²) < 4.78 is 2.30. The summed E-state index contributed by atoms with van der Waals surface area (Å²) in [6.07, 6.45) is 0. The number of hydrogen-bond donors (Lipinski definition) is 0. The average Bonchev–Trinajstić information content (AvgIpc) is 3.08. The van der Waals surface area contributed by atoms with Crippen LogP contribution in [0.15, 0.2) is 91.0 Å². The molecule has 4 aromatic carbocycles. The Bertz CT molecular complexity index is 1180. The van der Waals surface area contributed by atoms with E-state index in [1.165, 1.54) is 16.5 Å². The van der Waals surface area contributed by atoms with Crippen molar-refractivity contribution in [3.63, 3.8) is 0 Å². The van der Waals surface area contributed by atoms with Crippen LogP contribution in [0.4, 0.5) is 0 Å². The predicted octanol–water partition coefficient (Wildman–Crippen LogP) is 6.05. The fourth-order valence-corrected chi connectivity index (χ4v) is 3.46. The Morgan fingerprint density at radius 2 is 1.46 bits per heavy atom. The summed E-state index contributed by atoms with van der Waals surface area (Å²) >= 11 is 0. The molecule has 1 heterocycles. The first-order chi connectivity index (χ1) is 12.4. The molecule has 0 saturated carbocycles. The molecule has 2 heteroatoms. The number of nitrogens with zero attached hydrogens (tertiary/aromatic N) is 1. The average molecular weight is 510 g/mol. The largest absolute Gasteiger partial charge is 0.408 e. The fourth-order valence-electron chi connectivity index (χ4n) is 3.46. The van der Waals surface area contributed by atoms with Gasteiger partial charge in [0.05, 0.1) is 0 Å². The van der Waals surface area contributed by atoms with Crippen LogP contribution in [0.3, 0.4) is 0 Å². The van der Waals surface area contributed by atoms with E-state index in [1.54, 1.807) is 0 Å². The number of fused-ring (bicyclic) bond motifs is 2. The maximum atomic E-state index is 3.58. The van der Waals surface area contributed by atoms with Gasteiger partial charge in [-0.25, -0.2) is 5.56 Å². The van der Waals surface area contributed by atoms with Crippen molar-refractivity contribution in [2.24, 2.45) is 0 Å². The van der Waals surface area contributed by atoms with E-state index < -0.39 is 0 Å². The second-order valence-electron chi connectivity index (χ2n) is 6.10. The zero-order chi connectivity index (χ0) is 16.6. The van der Waals surface area contributed by atoms with E-state index in [0.29, 0.717) is 0 Å². The molecule has 5 aromatic rings. The molecule has 0 amide bonds. The maximum absolute atomic E-state index is 3.58. The van der Waals surface area contributed by atoms with Crippen molar-refractivity contribution in [3.05, 3.63) is 103 Å². The predicted molar refractivity (Wildman–Crippen MR) is 104 cm³/mol. The van der Waals surface area contributed by atoms with Crippen LogP contribution >= 0.6 is 0 Å². The van der Waals surface area contributed by atoms with Crippen LogP contribution in [0.5, 0.6) is 0 Å². The molecule has 0 fully saturated rings. The van der Waals surface area contributed by atoms with Gasteiger partial charge in [0.25, 0.3) is 0 Å². The summed E-state index contributed by atoms with van der Waals surface area (Å²) in [4.78, 5) is 0. The van der Waals surface area contributed by atoms with Gasteiger partial charge in [0.15, 0.2) is 0 Å². The minimum atomic E-state index is 0. The molecule has 0 atom stereocenters. The molecule has 26 heavy (non-hydrogen) atoms. The Morgan fingerprint density at radius 1 is 0.692 bits per heavy atom. The number of hydrogen-bond acceptors (Lipinski definition) is 0. The van der Waals surface area contributed by atoms with E-state index >= 15 is 0 Å². The van der Waals surface area contributed by atoms with Crippen molar-refractivity contribution in [2.75, 3.05) is 0 Å². The standard InChI is InChI=1S/C24H15N.Ir/c1-2-10-19(11-3-1)24-17-20-12-5-7-15-22(20)25(24)23-16-8-13-18-9-4-6-14-21(18)23;/h1-10,12-16H;/q-2;. The van der Waals surface area contributed by atoms with Gasteiger partial charge in [-0.1, -0.05) is 48.5 Å². The molecule has 0 aliphatic heterocycles. The molecular weight excluding hydrogens is 494 g/mol. The topological polar surface area (TPSA) is 4.93 Å². The van der Waals surface area contributed by atoms with Crippen LogP contribution < -0.4 is 0 Å². The van der Waals surface area contributed by atoms with Gasteiger partial charge in [0.2, 0.25) is 0 Å². The quantitative estimate of drug-likeness (QED) is 0.256. The molecule has 0 N–H and O–H groups in total. The maximum Gasteiger partial charge on any atom is 0.0354 e. The smallest absolute Gasteiger partial charge is 0.0354 e. The van der Waals surface area contributed by atoms with Crippen LogP contribution in [0, 0.1) is 12.1 Å². The van der Waals surface area contributed by atoms with E-state index in [-0.39, 0.29) is 20.1 Å². The van der Waals surface area contributed by atoms with Crippen molar-refractivity contribution in [1.29, 1.82) is 0 Å². The Balaban J connectivity index is 0.00000168. The Morgan fingerprint density at radius 3 is 2.35 bits per heavy atom. The summed E-state index contributed by atoms with van der Waals surface area (Å²) in [5, 5.41) is 3.58. The summed E-state index contributed by atoms with van der Waals surface area (Å²) in [6, 6.07) is 38.4. The number of benzene rings is 4. The molecule has 1 radical (unpaired) electrons. The molecule has 0 unspecified atom stereocenters. The molecule has 1 aromatic heterocycles.